The highest BCUT2D eigenvalue weighted by Crippen LogP contribution is 2.79. The summed E-state index contributed by atoms with van der Waals surface area (Å²) in [6, 6.07) is 12.8. The molecule has 3 aliphatic carbocycles. The minimum atomic E-state index is -1.58. The molecule has 89 heavy (non-hydrogen) atoms. The van der Waals surface area contributed by atoms with Crippen molar-refractivity contribution in [1.82, 2.24) is 9.97 Å². The summed E-state index contributed by atoms with van der Waals surface area (Å²) in [7, 11) is 0. The Morgan fingerprint density at radius 3 is 0.888 bits per heavy atom. The maximum atomic E-state index is 18.4. The van der Waals surface area contributed by atoms with Crippen LogP contribution in [0.5, 0.6) is 0 Å². The zero-order valence-corrected chi connectivity index (χ0v) is 47.6. The zero-order chi connectivity index (χ0) is 56.0. The monoisotopic (exact) mass is 1120 g/mol. The predicted octanol–water partition coefficient (Wildman–Crippen LogP) is 18.8. The van der Waals surface area contributed by atoms with Gasteiger partial charge in [0.2, 0.25) is 10.9 Å². The van der Waals surface area contributed by atoms with Gasteiger partial charge in [-0.25, -0.2) is 0 Å². The van der Waals surface area contributed by atoms with Gasteiger partial charge in [0.25, 0.3) is 0 Å². The molecule has 0 fully saturated rings. The lowest BCUT2D eigenvalue weighted by molar-refractivity contribution is 0.0937. The van der Waals surface area contributed by atoms with E-state index in [2.05, 4.69) is 90.1 Å². The number of hydrogen-bond acceptors (Lipinski definition) is 6. The summed E-state index contributed by atoms with van der Waals surface area (Å²) in [5, 5.41) is 59.9. The first-order valence-corrected chi connectivity index (χ1v) is 31.6. The van der Waals surface area contributed by atoms with E-state index in [4.69, 9.17) is 9.97 Å². The predicted molar refractivity (Wildman–Crippen MR) is 365 cm³/mol. The van der Waals surface area contributed by atoms with E-state index < -0.39 is 21.7 Å². The average molecular weight is 1120 g/mol. The Morgan fingerprint density at radius 2 is 0.506 bits per heavy atom. The van der Waals surface area contributed by atoms with Gasteiger partial charge in [0.05, 0.1) is 16.8 Å². The molecule has 2 heterocycles. The molecule has 0 amide bonds. The number of ketones is 1. The van der Waals surface area contributed by atoms with Crippen molar-refractivity contribution >= 4 is 286 Å². The van der Waals surface area contributed by atoms with Crippen molar-refractivity contribution in [3.05, 3.63) is 124 Å². The van der Waals surface area contributed by atoms with Crippen molar-refractivity contribution < 1.29 is 9.50 Å². The van der Waals surface area contributed by atoms with Gasteiger partial charge in [-0.3, -0.25) is 33.9 Å². The summed E-state index contributed by atoms with van der Waals surface area (Å²) in [6.07, 6.45) is 4.51. The Hall–Kier alpha value is -10.6. The summed E-state index contributed by atoms with van der Waals surface area (Å²) in [5.41, 5.74) is 1.62. The SMILES string of the molecule is CC(C)(C)c1cccc(C23C=CC4(c5cccc(C(C)(C)C)n5)c5c2c2c6c(c7c(=O)c8c9c%10c%11c(=O)c(=O)c%12c4c4c%13c5c5c2c2c%14c6c6c7c8c7c8c9c9c%10c%10c(c%12%11)c4c4c%11c%13c%12c5c2c2c5c%14c6c7c6c8c7c9c(c4%10)c4c%11c%12c2c(c56)c74)C3=O)n1.F. The fourth-order valence-corrected chi connectivity index (χ4v) is 25.5. The van der Waals surface area contributed by atoms with Crippen LogP contribution in [-0.4, -0.2) is 15.8 Å². The van der Waals surface area contributed by atoms with Gasteiger partial charge in [0.1, 0.15) is 5.41 Å². The highest BCUT2D eigenvalue weighted by molar-refractivity contribution is 6.81. The molecule has 0 spiro atoms. The smallest absolute Gasteiger partial charge is 0.234 e. The Balaban J connectivity index is 0.00000443. The molecule has 2 aromatic heterocycles. The Kier molecular flexibility index (Phi) is 4.37. The van der Waals surface area contributed by atoms with Gasteiger partial charge < -0.3 is 0 Å². The molecule has 0 saturated carbocycles. The highest BCUT2D eigenvalue weighted by Gasteiger charge is 2.61. The molecule has 32 rings (SSSR count). The van der Waals surface area contributed by atoms with E-state index >= 15 is 19.2 Å². The van der Waals surface area contributed by atoms with Crippen LogP contribution in [0.4, 0.5) is 4.70 Å². The fraction of sp³-hybridized carbons (Fsp3) is 0.122. The van der Waals surface area contributed by atoms with E-state index in [9.17, 15) is 0 Å². The minimum absolute atomic E-state index is 0. The summed E-state index contributed by atoms with van der Waals surface area (Å²) >= 11 is 0. The molecule has 0 aliphatic heterocycles. The van der Waals surface area contributed by atoms with Gasteiger partial charge in [0, 0.05) is 195 Å². The van der Waals surface area contributed by atoms with E-state index in [0.29, 0.717) is 32.8 Å². The quantitative estimate of drug-likeness (QED) is 0.0972. The molecule has 396 valence electrons. The third-order valence-electron chi connectivity index (χ3n) is 27.3. The number of rotatable bonds is 2. The normalized spacial score (nSPS) is 19.9. The van der Waals surface area contributed by atoms with Gasteiger partial charge >= 0.3 is 0 Å². The fourth-order valence-electron chi connectivity index (χ4n) is 25.5. The second-order valence-electron chi connectivity index (χ2n) is 31.6. The topological polar surface area (TPSA) is 94.1 Å². The summed E-state index contributed by atoms with van der Waals surface area (Å²) in [4.78, 5) is 81.7. The number of hydrogen-bond donors (Lipinski definition) is 0. The Labute approximate surface area is 490 Å². The number of benzene rings is 17. The van der Waals surface area contributed by atoms with Crippen LogP contribution in [-0.2, 0) is 21.7 Å². The van der Waals surface area contributed by atoms with Crippen LogP contribution in [0.3, 0.4) is 0 Å². The third kappa shape index (κ3) is 2.64. The molecule has 7 heteroatoms. The van der Waals surface area contributed by atoms with Crippen LogP contribution in [0.15, 0.2) is 62.9 Å². The van der Waals surface area contributed by atoms with E-state index in [0.717, 1.165) is 136 Å². The maximum Gasteiger partial charge on any atom is 0.234 e. The zero-order valence-electron chi connectivity index (χ0n) is 47.6. The van der Waals surface area contributed by atoms with Gasteiger partial charge in [-0.05, 0) is 154 Å². The number of allylic oxidation sites excluding steroid dienone is 2. The second kappa shape index (κ2) is 9.73. The molecule has 2 unspecified atom stereocenters. The minimum Gasteiger partial charge on any atom is -0.292 e. The third-order valence-corrected chi connectivity index (χ3v) is 27.3. The Morgan fingerprint density at radius 1 is 0.258 bits per heavy atom. The van der Waals surface area contributed by atoms with E-state index in [1.807, 2.05) is 0 Å². The van der Waals surface area contributed by atoms with E-state index in [1.165, 1.54) is 156 Å². The van der Waals surface area contributed by atoms with Crippen molar-refractivity contribution in [2.24, 2.45) is 0 Å². The number of halogens is 1. The second-order valence-corrected chi connectivity index (χ2v) is 31.6. The van der Waals surface area contributed by atoms with E-state index in [-0.39, 0.29) is 26.7 Å². The first-order valence-electron chi connectivity index (χ1n) is 31.6. The lowest BCUT2D eigenvalue weighted by Crippen LogP contribution is -2.47. The van der Waals surface area contributed by atoms with Crippen LogP contribution in [0, 0.1) is 0 Å². The van der Waals surface area contributed by atoms with Crippen molar-refractivity contribution in [1.29, 1.82) is 0 Å². The first-order chi connectivity index (χ1) is 42.8. The summed E-state index contributed by atoms with van der Waals surface area (Å²) in [6.45, 7) is 13.2. The number of Topliss-reactive ketones (excluding diaryl/α,β-unsaturated/α-hetero) is 1. The summed E-state index contributed by atoms with van der Waals surface area (Å²) < 4.78 is 0. The molecule has 0 bridgehead atoms. The largest absolute Gasteiger partial charge is 0.292 e. The number of fused-ring (bicyclic) bond motifs is 6. The van der Waals surface area contributed by atoms with E-state index in [1.54, 1.807) is 0 Å². The maximum absolute atomic E-state index is 18.4. The number of aromatic nitrogens is 2. The Bertz CT molecular complexity index is 8740. The van der Waals surface area contributed by atoms with Crippen LogP contribution in [0.1, 0.15) is 91.4 Å². The average Bonchev–Trinajstić information content (AvgIpc) is 1.40. The van der Waals surface area contributed by atoms with Crippen LogP contribution < -0.4 is 16.3 Å². The lowest BCUT2D eigenvalue weighted by Gasteiger charge is -2.48. The number of nitrogens with zero attached hydrogens (tertiary/aromatic N) is 2. The molecule has 29 aromatic rings. The lowest BCUT2D eigenvalue weighted by atomic mass is 9.52. The summed E-state index contributed by atoms with van der Waals surface area (Å²) in [5.74, 6) is -0.120. The van der Waals surface area contributed by atoms with Crippen molar-refractivity contribution in [3.8, 4) is 0 Å². The molecular weight excluding hydrogens is 1100 g/mol. The van der Waals surface area contributed by atoms with Crippen LogP contribution in [0.2, 0.25) is 0 Å². The van der Waals surface area contributed by atoms with Crippen LogP contribution >= 0.6 is 0 Å². The molecule has 2 atom stereocenters. The van der Waals surface area contributed by atoms with Crippen molar-refractivity contribution in [3.63, 3.8) is 0 Å². The molecule has 3 aliphatic rings. The number of carbonyl (C=O) groups excluding carboxylic acids is 1. The van der Waals surface area contributed by atoms with Crippen molar-refractivity contribution in [2.45, 2.75) is 63.2 Å². The van der Waals surface area contributed by atoms with Gasteiger partial charge in [-0.1, -0.05) is 65.8 Å². The standard InChI is InChI=1S/C82H26N2O4.FH/c1-79(2,3)15-9-7-11-17(83-15)81-13-14-82(18-12-8-10-16(84-18)80(4,5)6)74-66-56-46-37-28-23-19-20-22-26-31-25(20)32-27-21(19)24(28)33-36-35(27)47-41(32)48-42(31)49-43-34(26)44-38-29(22)30(23)39-45(37)55(56)65(73(74)81)61(51(38)39)64-54(44)53(43)63-68(76(86)77(87)71(63)72(64)81)59(49)57(48)67-58(47)60-50(36)52(40(33)46)62(66)70(78(82)88)69(60)75(67)85;/h7-14H,1-6H3;1H. The molecule has 0 N–H and O–H groups in total. The molecular formula is C82H27FN2O4. The number of pyridine rings is 2. The van der Waals surface area contributed by atoms with Crippen molar-refractivity contribution in [2.75, 3.05) is 0 Å². The van der Waals surface area contributed by atoms with Gasteiger partial charge in [-0.2, -0.15) is 0 Å². The highest BCUT2D eigenvalue weighted by atomic mass is 19.0. The van der Waals surface area contributed by atoms with Crippen LogP contribution in [0.25, 0.3) is 280 Å². The first kappa shape index (κ1) is 39.9. The molecule has 6 nitrogen and oxygen atoms in total. The molecule has 27 aromatic carbocycles. The molecule has 0 radical (unpaired) electrons. The van der Waals surface area contributed by atoms with Gasteiger partial charge in [-0.15, -0.1) is 0 Å². The molecule has 0 saturated heterocycles. The van der Waals surface area contributed by atoms with Gasteiger partial charge in [0.15, 0.2) is 11.2 Å². The number of carbonyl (C=O) groups is 1.